The summed E-state index contributed by atoms with van der Waals surface area (Å²) in [4.78, 5) is 21.0. The molecule has 1 amide bonds. The van der Waals surface area contributed by atoms with Gasteiger partial charge in [-0.1, -0.05) is 49.2 Å². The van der Waals surface area contributed by atoms with E-state index in [9.17, 15) is 4.79 Å². The minimum Gasteiger partial charge on any atom is -0.351 e. The Labute approximate surface area is 212 Å². The minimum absolute atomic E-state index is 0.124. The van der Waals surface area contributed by atoms with Crippen LogP contribution in [0.1, 0.15) is 47.2 Å². The van der Waals surface area contributed by atoms with Crippen molar-refractivity contribution in [2.24, 2.45) is 0 Å². The Morgan fingerprint density at radius 3 is 2.79 bits per heavy atom. The number of nitrogens with one attached hydrogen (secondary N) is 1. The second-order valence-corrected chi connectivity index (χ2v) is 10.0. The Morgan fingerprint density at radius 2 is 2.00 bits per heavy atom. The van der Waals surface area contributed by atoms with Gasteiger partial charge < -0.3 is 5.32 Å². The van der Waals surface area contributed by atoms with E-state index in [-0.39, 0.29) is 5.91 Å². The SMILES string of the molecule is CCCCCNC(=O)c1csc(CSc2nnc(-c3ccncc3)n2-c2cc(Cl)ccc2C)n1. The first-order chi connectivity index (χ1) is 16.6. The highest BCUT2D eigenvalue weighted by molar-refractivity contribution is 7.98. The molecule has 3 aromatic heterocycles. The summed E-state index contributed by atoms with van der Waals surface area (Å²) in [6.45, 7) is 4.84. The number of amides is 1. The van der Waals surface area contributed by atoms with Crippen LogP contribution in [0.25, 0.3) is 17.1 Å². The van der Waals surface area contributed by atoms with Gasteiger partial charge in [-0.25, -0.2) is 4.98 Å². The first kappa shape index (κ1) is 24.4. The van der Waals surface area contributed by atoms with Gasteiger partial charge in [0, 0.05) is 34.9 Å². The summed E-state index contributed by atoms with van der Waals surface area (Å²) in [5, 5.41) is 15.9. The van der Waals surface area contributed by atoms with Crippen LogP contribution < -0.4 is 5.32 Å². The van der Waals surface area contributed by atoms with Crippen LogP contribution in [0.15, 0.2) is 53.3 Å². The number of pyridine rings is 1. The number of thiazole rings is 1. The molecule has 0 aliphatic carbocycles. The Balaban J connectivity index is 1.55. The molecular weight excluding hydrogens is 488 g/mol. The van der Waals surface area contributed by atoms with Gasteiger partial charge in [0.05, 0.1) is 11.4 Å². The third-order valence-corrected chi connectivity index (χ3v) is 7.37. The normalized spacial score (nSPS) is 11.0. The van der Waals surface area contributed by atoms with E-state index in [4.69, 9.17) is 11.6 Å². The summed E-state index contributed by atoms with van der Waals surface area (Å²) in [7, 11) is 0. The molecule has 0 fully saturated rings. The third-order valence-electron chi connectivity index (χ3n) is 5.16. The molecule has 0 unspecified atom stereocenters. The van der Waals surface area contributed by atoms with Crippen molar-refractivity contribution in [3.63, 3.8) is 0 Å². The molecule has 34 heavy (non-hydrogen) atoms. The maximum absolute atomic E-state index is 12.3. The molecule has 0 aliphatic rings. The maximum atomic E-state index is 12.3. The lowest BCUT2D eigenvalue weighted by Crippen LogP contribution is -2.24. The summed E-state index contributed by atoms with van der Waals surface area (Å²) in [5.74, 6) is 1.16. The summed E-state index contributed by atoms with van der Waals surface area (Å²) in [6.07, 6.45) is 6.67. The average Bonchev–Trinajstić information content (AvgIpc) is 3.50. The van der Waals surface area contributed by atoms with Crippen LogP contribution >= 0.6 is 34.7 Å². The Hall–Kier alpha value is -2.75. The van der Waals surface area contributed by atoms with E-state index in [1.54, 1.807) is 17.8 Å². The smallest absolute Gasteiger partial charge is 0.270 e. The predicted octanol–water partition coefficient (Wildman–Crippen LogP) is 5.96. The van der Waals surface area contributed by atoms with E-state index in [0.717, 1.165) is 46.2 Å². The second-order valence-electron chi connectivity index (χ2n) is 7.69. The van der Waals surface area contributed by atoms with Crippen LogP contribution in [0.5, 0.6) is 0 Å². The lowest BCUT2D eigenvalue weighted by atomic mass is 10.2. The fourth-order valence-electron chi connectivity index (χ4n) is 3.37. The fourth-order valence-corrected chi connectivity index (χ4v) is 5.27. The van der Waals surface area contributed by atoms with Crippen LogP contribution in [0, 0.1) is 6.92 Å². The van der Waals surface area contributed by atoms with Gasteiger partial charge >= 0.3 is 0 Å². The van der Waals surface area contributed by atoms with Gasteiger partial charge in [0.1, 0.15) is 10.7 Å². The van der Waals surface area contributed by atoms with Gasteiger partial charge in [-0.05, 0) is 43.2 Å². The highest BCUT2D eigenvalue weighted by Crippen LogP contribution is 2.32. The molecule has 10 heteroatoms. The zero-order chi connectivity index (χ0) is 23.9. The van der Waals surface area contributed by atoms with E-state index < -0.39 is 0 Å². The van der Waals surface area contributed by atoms with E-state index >= 15 is 0 Å². The van der Waals surface area contributed by atoms with Crippen LogP contribution in [0.2, 0.25) is 5.02 Å². The standard InChI is InChI=1S/C24H25ClN6OS2/c1-3-4-5-10-27-23(32)19-14-33-21(28-19)15-34-24-30-29-22(17-8-11-26-12-9-17)31(24)20-13-18(25)7-6-16(20)2/h6-9,11-14H,3-5,10,15H2,1-2H3,(H,27,32). The van der Waals surface area contributed by atoms with Gasteiger partial charge in [-0.15, -0.1) is 21.5 Å². The predicted molar refractivity (Wildman–Crippen MR) is 138 cm³/mol. The van der Waals surface area contributed by atoms with Crippen LogP contribution in [0.3, 0.4) is 0 Å². The van der Waals surface area contributed by atoms with Crippen LogP contribution in [-0.2, 0) is 5.75 Å². The molecule has 1 aromatic carbocycles. The van der Waals surface area contributed by atoms with Gasteiger partial charge in [0.2, 0.25) is 0 Å². The monoisotopic (exact) mass is 512 g/mol. The van der Waals surface area contributed by atoms with Gasteiger partial charge in [0.25, 0.3) is 5.91 Å². The molecule has 0 radical (unpaired) electrons. The van der Waals surface area contributed by atoms with Gasteiger partial charge in [-0.2, -0.15) is 0 Å². The minimum atomic E-state index is -0.124. The molecule has 176 valence electrons. The molecule has 4 aromatic rings. The average molecular weight is 513 g/mol. The van der Waals surface area contributed by atoms with Crippen molar-refractivity contribution in [3.05, 3.63) is 69.4 Å². The van der Waals surface area contributed by atoms with Crippen molar-refractivity contribution in [3.8, 4) is 17.1 Å². The summed E-state index contributed by atoms with van der Waals surface area (Å²) < 4.78 is 2.01. The second kappa shape index (κ2) is 11.6. The van der Waals surface area contributed by atoms with Crippen molar-refractivity contribution in [1.82, 2.24) is 30.0 Å². The number of hydrogen-bond acceptors (Lipinski definition) is 7. The molecule has 3 heterocycles. The molecule has 1 N–H and O–H groups in total. The molecule has 0 aliphatic heterocycles. The van der Waals surface area contributed by atoms with Gasteiger partial charge in [0.15, 0.2) is 11.0 Å². The van der Waals surface area contributed by atoms with Crippen LogP contribution in [-0.4, -0.2) is 37.2 Å². The topological polar surface area (TPSA) is 85.6 Å². The number of carbonyl (C=O) groups is 1. The fraction of sp³-hybridized carbons (Fsp3) is 0.292. The third kappa shape index (κ3) is 5.84. The van der Waals surface area contributed by atoms with E-state index in [2.05, 4.69) is 32.4 Å². The molecule has 7 nitrogen and oxygen atoms in total. The molecule has 0 saturated carbocycles. The Morgan fingerprint density at radius 1 is 1.18 bits per heavy atom. The van der Waals surface area contributed by atoms with Crippen LogP contribution in [0.4, 0.5) is 0 Å². The zero-order valence-electron chi connectivity index (χ0n) is 19.0. The van der Waals surface area contributed by atoms with Crippen molar-refractivity contribution >= 4 is 40.6 Å². The number of aromatic nitrogens is 5. The Kier molecular flexibility index (Phi) is 8.31. The highest BCUT2D eigenvalue weighted by atomic mass is 35.5. The number of unbranched alkanes of at least 4 members (excludes halogenated alkanes) is 2. The van der Waals surface area contributed by atoms with Crippen molar-refractivity contribution < 1.29 is 4.79 Å². The number of benzene rings is 1. The maximum Gasteiger partial charge on any atom is 0.270 e. The number of nitrogens with zero attached hydrogens (tertiary/aromatic N) is 5. The Bertz CT molecular complexity index is 1260. The number of hydrogen-bond donors (Lipinski definition) is 1. The first-order valence-electron chi connectivity index (χ1n) is 11.0. The van der Waals surface area contributed by atoms with Crippen molar-refractivity contribution in [1.29, 1.82) is 0 Å². The first-order valence-corrected chi connectivity index (χ1v) is 13.3. The summed E-state index contributed by atoms with van der Waals surface area (Å²) in [5.41, 5.74) is 3.34. The number of aryl methyl sites for hydroxylation is 1. The molecule has 0 bridgehead atoms. The molecule has 4 rings (SSSR count). The largest absolute Gasteiger partial charge is 0.351 e. The van der Waals surface area contributed by atoms with Crippen molar-refractivity contribution in [2.75, 3.05) is 6.54 Å². The quantitative estimate of drug-likeness (QED) is 0.208. The summed E-state index contributed by atoms with van der Waals surface area (Å²) >= 11 is 9.32. The molecule has 0 spiro atoms. The molecule has 0 saturated heterocycles. The highest BCUT2D eigenvalue weighted by Gasteiger charge is 2.19. The number of rotatable bonds is 10. The molecule has 0 atom stereocenters. The van der Waals surface area contributed by atoms with Gasteiger partial charge in [-0.3, -0.25) is 14.3 Å². The number of thioether (sulfide) groups is 1. The van der Waals surface area contributed by atoms with E-state index in [0.29, 0.717) is 28.8 Å². The van der Waals surface area contributed by atoms with E-state index in [1.807, 2.05) is 41.8 Å². The van der Waals surface area contributed by atoms with E-state index in [1.165, 1.54) is 23.1 Å². The van der Waals surface area contributed by atoms with Crippen molar-refractivity contribution in [2.45, 2.75) is 44.0 Å². The lowest BCUT2D eigenvalue weighted by molar-refractivity contribution is 0.0948. The number of halogens is 1. The zero-order valence-corrected chi connectivity index (χ0v) is 21.4. The lowest BCUT2D eigenvalue weighted by Gasteiger charge is -2.13. The number of carbonyl (C=O) groups excluding carboxylic acids is 1. The molecular formula is C24H25ClN6OS2. The summed E-state index contributed by atoms with van der Waals surface area (Å²) in [6, 6.07) is 9.57.